The van der Waals surface area contributed by atoms with Crippen LogP contribution < -0.4 is 0 Å². The normalized spacial score (nSPS) is 28.0. The number of rotatable bonds is 3. The van der Waals surface area contributed by atoms with E-state index < -0.39 is 0 Å². The first kappa shape index (κ1) is 15.8. The molecule has 0 spiro atoms. The van der Waals surface area contributed by atoms with Crippen molar-refractivity contribution in [2.75, 3.05) is 13.1 Å². The number of thiophene rings is 1. The van der Waals surface area contributed by atoms with E-state index in [1.54, 1.807) is 0 Å². The van der Waals surface area contributed by atoms with Gasteiger partial charge in [0, 0.05) is 16.7 Å². The molecule has 1 atom stereocenters. The summed E-state index contributed by atoms with van der Waals surface area (Å²) in [7, 11) is 0. The lowest BCUT2D eigenvalue weighted by Gasteiger charge is -2.56. The van der Waals surface area contributed by atoms with Gasteiger partial charge < -0.3 is 0 Å². The molecule has 24 heavy (non-hydrogen) atoms. The van der Waals surface area contributed by atoms with Crippen LogP contribution in [0.25, 0.3) is 10.1 Å². The van der Waals surface area contributed by atoms with E-state index in [0.29, 0.717) is 23.8 Å². The summed E-state index contributed by atoms with van der Waals surface area (Å²) in [5, 5.41) is 10.1. The van der Waals surface area contributed by atoms with Crippen LogP contribution >= 0.6 is 11.3 Å². The van der Waals surface area contributed by atoms with Crippen LogP contribution in [0.1, 0.15) is 48.3 Å². The molecular weight excluding hydrogens is 316 g/mol. The minimum absolute atomic E-state index is 0.126. The van der Waals surface area contributed by atoms with Gasteiger partial charge >= 0.3 is 0 Å². The fourth-order valence-corrected chi connectivity index (χ4v) is 5.70. The quantitative estimate of drug-likeness (QED) is 0.776. The van der Waals surface area contributed by atoms with E-state index in [0.717, 1.165) is 15.0 Å². The van der Waals surface area contributed by atoms with E-state index >= 15 is 0 Å². The summed E-state index contributed by atoms with van der Waals surface area (Å²) >= 11 is 1.53. The molecular formula is C20H22N2OS. The van der Waals surface area contributed by atoms with Crippen molar-refractivity contribution in [3.63, 3.8) is 0 Å². The van der Waals surface area contributed by atoms with Crippen molar-refractivity contribution in [1.29, 1.82) is 5.26 Å². The lowest BCUT2D eigenvalue weighted by Crippen LogP contribution is -2.61. The number of piperidine rings is 3. The Labute approximate surface area is 146 Å². The number of nitrogens with zero attached hydrogens (tertiary/aromatic N) is 2. The van der Waals surface area contributed by atoms with E-state index in [9.17, 15) is 4.79 Å². The van der Waals surface area contributed by atoms with Crippen molar-refractivity contribution in [3.8, 4) is 6.07 Å². The number of carbonyl (C=O) groups is 1. The summed E-state index contributed by atoms with van der Waals surface area (Å²) in [5.74, 6) is 1.41. The van der Waals surface area contributed by atoms with Gasteiger partial charge in [-0.1, -0.05) is 6.07 Å². The Balaban J connectivity index is 1.59. The third-order valence-electron chi connectivity index (χ3n) is 6.16. The lowest BCUT2D eigenvalue weighted by atomic mass is 9.65. The molecule has 3 aliphatic heterocycles. The van der Waals surface area contributed by atoms with Crippen molar-refractivity contribution in [2.45, 2.75) is 38.6 Å². The molecule has 4 heterocycles. The third kappa shape index (κ3) is 2.47. The smallest absolute Gasteiger partial charge is 0.173 e. The highest BCUT2D eigenvalue weighted by Crippen LogP contribution is 2.46. The summed E-state index contributed by atoms with van der Waals surface area (Å²) in [6.07, 6.45) is 3.12. The van der Waals surface area contributed by atoms with Gasteiger partial charge in [-0.25, -0.2) is 0 Å². The SMILES string of the molecule is CC1(C)[C@H](CC(=O)c2cc3ccc(C#N)cc3s2)C2CCN1CC2. The van der Waals surface area contributed by atoms with Gasteiger partial charge in [0.05, 0.1) is 16.5 Å². The largest absolute Gasteiger partial charge is 0.298 e. The summed E-state index contributed by atoms with van der Waals surface area (Å²) < 4.78 is 1.03. The summed E-state index contributed by atoms with van der Waals surface area (Å²) in [6, 6.07) is 9.81. The van der Waals surface area contributed by atoms with Crippen LogP contribution in [0.15, 0.2) is 24.3 Å². The monoisotopic (exact) mass is 338 g/mol. The molecule has 0 unspecified atom stereocenters. The first-order chi connectivity index (χ1) is 11.5. The van der Waals surface area contributed by atoms with Crippen LogP contribution in [0.4, 0.5) is 0 Å². The topological polar surface area (TPSA) is 44.1 Å². The molecule has 1 aromatic carbocycles. The zero-order valence-electron chi connectivity index (χ0n) is 14.2. The van der Waals surface area contributed by atoms with Crippen LogP contribution in [-0.2, 0) is 0 Å². The maximum absolute atomic E-state index is 12.9. The zero-order valence-corrected chi connectivity index (χ0v) is 15.0. The molecule has 2 bridgehead atoms. The molecule has 3 nitrogen and oxygen atoms in total. The van der Waals surface area contributed by atoms with Crippen molar-refractivity contribution in [1.82, 2.24) is 4.90 Å². The number of ketones is 1. The van der Waals surface area contributed by atoms with Crippen LogP contribution in [0.5, 0.6) is 0 Å². The summed E-state index contributed by atoms with van der Waals surface area (Å²) in [6.45, 7) is 6.98. The Kier molecular flexibility index (Phi) is 3.74. The lowest BCUT2D eigenvalue weighted by molar-refractivity contribution is -0.0643. The van der Waals surface area contributed by atoms with E-state index in [1.807, 2.05) is 24.3 Å². The van der Waals surface area contributed by atoms with Gasteiger partial charge in [0.1, 0.15) is 0 Å². The predicted octanol–water partition coefficient (Wildman–Crippen LogP) is 4.47. The van der Waals surface area contributed by atoms with Gasteiger partial charge in [0.15, 0.2) is 5.78 Å². The van der Waals surface area contributed by atoms with Gasteiger partial charge in [-0.05, 0) is 75.2 Å². The number of benzene rings is 1. The standard InChI is InChI=1S/C20H22N2OS/c1-20(2)16(14-5-7-22(20)8-6-14)11-17(23)19-10-15-4-3-13(12-21)9-18(15)24-19/h3-4,9-10,14,16H,5-8,11H2,1-2H3/t16-/m1/s1. The van der Waals surface area contributed by atoms with Crippen molar-refractivity contribution in [2.24, 2.45) is 11.8 Å². The van der Waals surface area contributed by atoms with E-state index in [2.05, 4.69) is 24.8 Å². The average Bonchev–Trinajstić information content (AvgIpc) is 3.01. The van der Waals surface area contributed by atoms with Crippen LogP contribution in [0.2, 0.25) is 0 Å². The molecule has 3 fully saturated rings. The van der Waals surface area contributed by atoms with Gasteiger partial charge in [0.25, 0.3) is 0 Å². The summed E-state index contributed by atoms with van der Waals surface area (Å²) in [4.78, 5) is 16.3. The Hall–Kier alpha value is -1.70. The Morgan fingerprint density at radius 2 is 2.08 bits per heavy atom. The van der Waals surface area contributed by atoms with Gasteiger partial charge in [-0.3, -0.25) is 9.69 Å². The second-order valence-corrected chi connectivity index (χ2v) is 8.77. The second kappa shape index (κ2) is 5.68. The fourth-order valence-electron chi connectivity index (χ4n) is 4.64. The molecule has 2 aromatic rings. The molecule has 3 saturated heterocycles. The Morgan fingerprint density at radius 1 is 1.33 bits per heavy atom. The molecule has 0 aliphatic carbocycles. The first-order valence-corrected chi connectivity index (χ1v) is 9.52. The Bertz CT molecular complexity index is 837. The number of carbonyl (C=O) groups excluding carboxylic acids is 1. The maximum atomic E-state index is 12.9. The van der Waals surface area contributed by atoms with Crippen LogP contribution in [-0.4, -0.2) is 29.3 Å². The first-order valence-electron chi connectivity index (χ1n) is 8.71. The highest BCUT2D eigenvalue weighted by atomic mass is 32.1. The summed E-state index contributed by atoms with van der Waals surface area (Å²) in [5.41, 5.74) is 0.781. The molecule has 4 heteroatoms. The molecule has 0 N–H and O–H groups in total. The fraction of sp³-hybridized carbons (Fsp3) is 0.500. The number of fused-ring (bicyclic) bond motifs is 4. The van der Waals surface area contributed by atoms with Gasteiger partial charge in [-0.15, -0.1) is 11.3 Å². The minimum atomic E-state index is 0.126. The Morgan fingerprint density at radius 3 is 2.75 bits per heavy atom. The predicted molar refractivity (Wildman–Crippen MR) is 97.4 cm³/mol. The van der Waals surface area contributed by atoms with Crippen LogP contribution in [0.3, 0.4) is 0 Å². The van der Waals surface area contributed by atoms with Crippen molar-refractivity contribution in [3.05, 3.63) is 34.7 Å². The molecule has 0 radical (unpaired) electrons. The molecule has 1 aromatic heterocycles. The molecule has 124 valence electrons. The molecule has 0 saturated carbocycles. The van der Waals surface area contributed by atoms with Crippen molar-refractivity contribution < 1.29 is 4.79 Å². The van der Waals surface area contributed by atoms with E-state index in [-0.39, 0.29) is 11.3 Å². The number of nitriles is 1. The number of hydrogen-bond acceptors (Lipinski definition) is 4. The minimum Gasteiger partial charge on any atom is -0.298 e. The third-order valence-corrected chi connectivity index (χ3v) is 7.30. The van der Waals surface area contributed by atoms with Crippen LogP contribution in [0, 0.1) is 23.2 Å². The van der Waals surface area contributed by atoms with Gasteiger partial charge in [-0.2, -0.15) is 5.26 Å². The second-order valence-electron chi connectivity index (χ2n) is 7.69. The highest BCUT2D eigenvalue weighted by Gasteiger charge is 2.47. The number of Topliss-reactive ketones (excluding diaryl/α,β-unsaturated/α-hetero) is 1. The number of hydrogen-bond donors (Lipinski definition) is 0. The average molecular weight is 338 g/mol. The van der Waals surface area contributed by atoms with E-state index in [4.69, 9.17) is 5.26 Å². The molecule has 3 aliphatic rings. The van der Waals surface area contributed by atoms with Gasteiger partial charge in [0.2, 0.25) is 0 Å². The zero-order chi connectivity index (χ0) is 16.9. The molecule has 5 rings (SSSR count). The molecule has 0 amide bonds. The highest BCUT2D eigenvalue weighted by molar-refractivity contribution is 7.20. The maximum Gasteiger partial charge on any atom is 0.173 e. The van der Waals surface area contributed by atoms with Crippen molar-refractivity contribution >= 4 is 27.2 Å². The van der Waals surface area contributed by atoms with E-state index in [1.165, 1.54) is 37.3 Å².